The van der Waals surface area contributed by atoms with E-state index in [0.29, 0.717) is 4.47 Å². The van der Waals surface area contributed by atoms with Crippen molar-refractivity contribution in [3.8, 4) is 5.75 Å². The van der Waals surface area contributed by atoms with Gasteiger partial charge in [0, 0.05) is 17.3 Å². The van der Waals surface area contributed by atoms with E-state index in [4.69, 9.17) is 9.84 Å². The summed E-state index contributed by atoms with van der Waals surface area (Å²) in [5, 5.41) is 8.45. The molecule has 0 aromatic heterocycles. The van der Waals surface area contributed by atoms with Crippen molar-refractivity contribution in [1.29, 1.82) is 0 Å². The van der Waals surface area contributed by atoms with Crippen LogP contribution in [0.5, 0.6) is 5.75 Å². The van der Waals surface area contributed by atoms with E-state index >= 15 is 0 Å². The maximum absolute atomic E-state index is 13.9. The zero-order valence-corrected chi connectivity index (χ0v) is 11.3. The number of hydrogen-bond acceptors (Lipinski definition) is 2. The maximum atomic E-state index is 13.9. The molecule has 1 aromatic rings. The summed E-state index contributed by atoms with van der Waals surface area (Å²) in [6.45, 7) is 0. The van der Waals surface area contributed by atoms with Crippen LogP contribution in [0.3, 0.4) is 0 Å². The highest BCUT2D eigenvalue weighted by Gasteiger charge is 2.34. The fraction of sp³-hybridized carbons (Fsp3) is 0.417. The first kappa shape index (κ1) is 14.9. The molecule has 0 bridgehead atoms. The molecule has 1 aromatic carbocycles. The Kier molecular flexibility index (Phi) is 5.07. The molecule has 100 valence electrons. The lowest BCUT2D eigenvalue weighted by Gasteiger charge is -2.19. The molecule has 1 N–H and O–H groups in total. The molecular weight excluding hydrogens is 310 g/mol. The zero-order valence-electron chi connectivity index (χ0n) is 9.75. The Balaban J connectivity index is 2.88. The van der Waals surface area contributed by atoms with Crippen molar-refractivity contribution in [3.05, 3.63) is 28.2 Å². The van der Waals surface area contributed by atoms with E-state index in [2.05, 4.69) is 15.9 Å². The number of hydrogen-bond donors (Lipinski definition) is 1. The normalized spacial score (nSPS) is 11.3. The monoisotopic (exact) mass is 322 g/mol. The molecule has 0 radical (unpaired) electrons. The summed E-state index contributed by atoms with van der Waals surface area (Å²) < 4.78 is 33.3. The van der Waals surface area contributed by atoms with Crippen LogP contribution in [0.1, 0.15) is 24.8 Å². The molecule has 0 unspecified atom stereocenters. The topological polar surface area (TPSA) is 46.5 Å². The van der Waals surface area contributed by atoms with Gasteiger partial charge in [-0.25, -0.2) is 8.78 Å². The van der Waals surface area contributed by atoms with Crippen LogP contribution >= 0.6 is 15.9 Å². The largest absolute Gasteiger partial charge is 0.496 e. The van der Waals surface area contributed by atoms with Gasteiger partial charge in [-0.15, -0.1) is 0 Å². The highest BCUT2D eigenvalue weighted by Crippen LogP contribution is 2.40. The van der Waals surface area contributed by atoms with Crippen molar-refractivity contribution in [3.63, 3.8) is 0 Å². The number of benzene rings is 1. The Bertz CT molecular complexity index is 435. The molecule has 0 aliphatic carbocycles. The predicted molar refractivity (Wildman–Crippen MR) is 66.1 cm³/mol. The quantitative estimate of drug-likeness (QED) is 0.866. The van der Waals surface area contributed by atoms with Crippen LogP contribution in [0.4, 0.5) is 8.78 Å². The highest BCUT2D eigenvalue weighted by atomic mass is 79.9. The second kappa shape index (κ2) is 6.13. The number of alkyl halides is 2. The number of rotatable bonds is 6. The second-order valence-electron chi connectivity index (χ2n) is 3.80. The van der Waals surface area contributed by atoms with E-state index in [1.54, 1.807) is 6.07 Å². The third-order valence-electron chi connectivity index (χ3n) is 2.44. The van der Waals surface area contributed by atoms with Crippen molar-refractivity contribution in [2.75, 3.05) is 7.11 Å². The molecule has 0 heterocycles. The molecule has 0 spiro atoms. The number of carboxylic acids is 1. The van der Waals surface area contributed by atoms with Crippen molar-refractivity contribution >= 4 is 21.9 Å². The number of halogens is 3. The van der Waals surface area contributed by atoms with E-state index in [1.165, 1.54) is 19.2 Å². The summed E-state index contributed by atoms with van der Waals surface area (Å²) in [6.07, 6.45) is -0.879. The average Bonchev–Trinajstić information content (AvgIpc) is 2.28. The molecule has 0 amide bonds. The van der Waals surface area contributed by atoms with Crippen molar-refractivity contribution in [2.24, 2.45) is 0 Å². The standard InChI is InChI=1S/C12H13BrF2O3/c1-18-10-5-4-8(13)7-9(10)12(14,15)6-2-3-11(16)17/h4-5,7H,2-3,6H2,1H3,(H,16,17). The third kappa shape index (κ3) is 3.94. The van der Waals surface area contributed by atoms with Crippen molar-refractivity contribution in [2.45, 2.75) is 25.2 Å². The van der Waals surface area contributed by atoms with Crippen molar-refractivity contribution < 1.29 is 23.4 Å². The molecule has 3 nitrogen and oxygen atoms in total. The van der Waals surface area contributed by atoms with Crippen LogP contribution in [0, 0.1) is 0 Å². The number of carbonyl (C=O) groups is 1. The Morgan fingerprint density at radius 2 is 2.17 bits per heavy atom. The van der Waals surface area contributed by atoms with E-state index in [1.807, 2.05) is 0 Å². The Morgan fingerprint density at radius 3 is 2.72 bits per heavy atom. The Morgan fingerprint density at radius 1 is 1.50 bits per heavy atom. The first-order valence-electron chi connectivity index (χ1n) is 5.30. The van der Waals surface area contributed by atoms with Crippen molar-refractivity contribution in [1.82, 2.24) is 0 Å². The highest BCUT2D eigenvalue weighted by molar-refractivity contribution is 9.10. The minimum atomic E-state index is -3.11. The van der Waals surface area contributed by atoms with Gasteiger partial charge in [0.05, 0.1) is 12.7 Å². The maximum Gasteiger partial charge on any atom is 0.303 e. The van der Waals surface area contributed by atoms with Gasteiger partial charge in [-0.1, -0.05) is 15.9 Å². The molecule has 0 atom stereocenters. The first-order valence-corrected chi connectivity index (χ1v) is 6.10. The minimum Gasteiger partial charge on any atom is -0.496 e. The number of aliphatic carboxylic acids is 1. The summed E-state index contributed by atoms with van der Waals surface area (Å²) in [6, 6.07) is 4.35. The van der Waals surface area contributed by atoms with Crippen LogP contribution in [0.25, 0.3) is 0 Å². The zero-order chi connectivity index (χ0) is 13.8. The van der Waals surface area contributed by atoms with Gasteiger partial charge in [-0.3, -0.25) is 4.79 Å². The Labute approximate surface area is 112 Å². The molecule has 18 heavy (non-hydrogen) atoms. The van der Waals surface area contributed by atoms with E-state index in [9.17, 15) is 13.6 Å². The molecule has 0 aliphatic rings. The first-order chi connectivity index (χ1) is 8.36. The molecule has 0 saturated carbocycles. The molecule has 0 fully saturated rings. The molecule has 1 rings (SSSR count). The summed E-state index contributed by atoms with van der Waals surface area (Å²) >= 11 is 3.13. The number of carboxylic acid groups (broad SMARTS) is 1. The lowest BCUT2D eigenvalue weighted by atomic mass is 10.0. The fourth-order valence-electron chi connectivity index (χ4n) is 1.56. The number of ether oxygens (including phenoxy) is 1. The fourth-order valence-corrected chi connectivity index (χ4v) is 1.92. The lowest BCUT2D eigenvalue weighted by Crippen LogP contribution is -2.15. The van der Waals surface area contributed by atoms with Crippen LogP contribution in [-0.2, 0) is 10.7 Å². The van der Waals surface area contributed by atoms with Gasteiger partial charge in [0.2, 0.25) is 0 Å². The van der Waals surface area contributed by atoms with Gasteiger partial charge in [-0.05, 0) is 24.6 Å². The summed E-state index contributed by atoms with van der Waals surface area (Å²) in [4.78, 5) is 10.3. The van der Waals surface area contributed by atoms with Gasteiger partial charge in [0.15, 0.2) is 0 Å². The number of methoxy groups -OCH3 is 1. The van der Waals surface area contributed by atoms with Gasteiger partial charge in [0.1, 0.15) is 5.75 Å². The second-order valence-corrected chi connectivity index (χ2v) is 4.71. The summed E-state index contributed by atoms with van der Waals surface area (Å²) in [5.74, 6) is -4.09. The van der Waals surface area contributed by atoms with Crippen LogP contribution in [-0.4, -0.2) is 18.2 Å². The van der Waals surface area contributed by atoms with Gasteiger partial charge >= 0.3 is 5.97 Å². The Hall–Kier alpha value is -1.17. The summed E-state index contributed by atoms with van der Waals surface area (Å²) in [5.41, 5.74) is -0.232. The van der Waals surface area contributed by atoms with Crippen LogP contribution < -0.4 is 4.74 Å². The third-order valence-corrected chi connectivity index (χ3v) is 2.93. The average molecular weight is 323 g/mol. The molecule has 6 heteroatoms. The molecular formula is C12H13BrF2O3. The van der Waals surface area contributed by atoms with Gasteiger partial charge in [0.25, 0.3) is 5.92 Å². The van der Waals surface area contributed by atoms with E-state index < -0.39 is 18.3 Å². The van der Waals surface area contributed by atoms with Crippen LogP contribution in [0.2, 0.25) is 0 Å². The van der Waals surface area contributed by atoms with E-state index in [-0.39, 0.29) is 24.2 Å². The van der Waals surface area contributed by atoms with Crippen LogP contribution in [0.15, 0.2) is 22.7 Å². The molecule has 0 aliphatic heterocycles. The van der Waals surface area contributed by atoms with Gasteiger partial charge in [-0.2, -0.15) is 0 Å². The SMILES string of the molecule is COc1ccc(Br)cc1C(F)(F)CCCC(=O)O. The smallest absolute Gasteiger partial charge is 0.303 e. The summed E-state index contributed by atoms with van der Waals surface area (Å²) in [7, 11) is 1.32. The van der Waals surface area contributed by atoms with Gasteiger partial charge < -0.3 is 9.84 Å². The predicted octanol–water partition coefficient (Wildman–Crippen LogP) is 3.80. The minimum absolute atomic E-state index is 0.0853. The lowest BCUT2D eigenvalue weighted by molar-refractivity contribution is -0.137. The molecule has 0 saturated heterocycles. The van der Waals surface area contributed by atoms with E-state index in [0.717, 1.165) is 0 Å².